The lowest BCUT2D eigenvalue weighted by Gasteiger charge is -2.12. The summed E-state index contributed by atoms with van der Waals surface area (Å²) in [7, 11) is 0. The fourth-order valence-corrected chi connectivity index (χ4v) is 7.54. The number of hydrogen-bond donors (Lipinski definition) is 0. The van der Waals surface area contributed by atoms with Crippen LogP contribution in [0.3, 0.4) is 0 Å². The van der Waals surface area contributed by atoms with Crippen LogP contribution in [0.5, 0.6) is 0 Å². The molecule has 0 bridgehead atoms. The van der Waals surface area contributed by atoms with E-state index >= 15 is 0 Å². The van der Waals surface area contributed by atoms with Crippen molar-refractivity contribution in [1.82, 2.24) is 9.97 Å². The Morgan fingerprint density at radius 1 is 0.302 bits per heavy atom. The van der Waals surface area contributed by atoms with Crippen molar-refractivity contribution in [3.05, 3.63) is 194 Å². The average molecular weight is 677 g/mol. The van der Waals surface area contributed by atoms with Gasteiger partial charge in [-0.1, -0.05) is 170 Å². The van der Waals surface area contributed by atoms with Crippen molar-refractivity contribution in [2.45, 2.75) is 0 Å². The molecule has 2 aromatic heterocycles. The molecule has 0 N–H and O–H groups in total. The molecule has 0 spiro atoms. The van der Waals surface area contributed by atoms with E-state index in [1.165, 1.54) is 38.6 Å². The molecule has 0 saturated carbocycles. The Kier molecular flexibility index (Phi) is 7.47. The number of rotatable bonds is 6. The minimum absolute atomic E-state index is 0.661. The molecule has 248 valence electrons. The largest absolute Gasteiger partial charge is 0.456 e. The first kappa shape index (κ1) is 30.7. The van der Waals surface area contributed by atoms with E-state index in [9.17, 15) is 0 Å². The average Bonchev–Trinajstić information content (AvgIpc) is 3.62. The Bertz CT molecular complexity index is 2910. The van der Waals surface area contributed by atoms with Gasteiger partial charge in [0.2, 0.25) is 0 Å². The summed E-state index contributed by atoms with van der Waals surface area (Å²) in [5, 5.41) is 4.48. The molecular formula is C50H32N2O. The smallest absolute Gasteiger partial charge is 0.161 e. The highest BCUT2D eigenvalue weighted by Crippen LogP contribution is 2.41. The third-order valence-corrected chi connectivity index (χ3v) is 10.1. The van der Waals surface area contributed by atoms with Crippen LogP contribution in [0.15, 0.2) is 199 Å². The number of benzene rings is 8. The standard InChI is InChI=1S/C50H32N2O/c1-4-13-33(14-5-1)34-23-25-37(26-24-34)46-32-45(36-17-8-3-9-18-36)51-50(52-46)44-21-12-22-47-49(44)43-28-27-38(31-48(43)53-47)40-30-29-39(35-15-6-2-7-16-35)41-19-10-11-20-42(40)41/h1-32H. The second-order valence-electron chi connectivity index (χ2n) is 13.3. The topological polar surface area (TPSA) is 38.9 Å². The highest BCUT2D eigenvalue weighted by Gasteiger charge is 2.18. The molecular weight excluding hydrogens is 645 g/mol. The Balaban J connectivity index is 1.10. The number of furan rings is 1. The number of fused-ring (bicyclic) bond motifs is 4. The molecule has 0 saturated heterocycles. The highest BCUT2D eigenvalue weighted by molar-refractivity contribution is 6.13. The van der Waals surface area contributed by atoms with Crippen LogP contribution >= 0.6 is 0 Å². The van der Waals surface area contributed by atoms with Crippen LogP contribution in [0.4, 0.5) is 0 Å². The van der Waals surface area contributed by atoms with E-state index in [1.807, 2.05) is 36.4 Å². The fraction of sp³-hybridized carbons (Fsp3) is 0. The first-order chi connectivity index (χ1) is 26.3. The molecule has 10 aromatic rings. The van der Waals surface area contributed by atoms with E-state index in [0.29, 0.717) is 5.82 Å². The maximum atomic E-state index is 6.61. The van der Waals surface area contributed by atoms with Gasteiger partial charge in [0.15, 0.2) is 5.82 Å². The molecule has 0 aliphatic rings. The van der Waals surface area contributed by atoms with Crippen molar-refractivity contribution in [3.63, 3.8) is 0 Å². The monoisotopic (exact) mass is 676 g/mol. The third kappa shape index (κ3) is 5.56. The summed E-state index contributed by atoms with van der Waals surface area (Å²) in [5.41, 5.74) is 13.5. The maximum Gasteiger partial charge on any atom is 0.161 e. The van der Waals surface area contributed by atoms with Crippen LogP contribution in [0.2, 0.25) is 0 Å². The molecule has 8 aromatic carbocycles. The van der Waals surface area contributed by atoms with Crippen molar-refractivity contribution >= 4 is 32.7 Å². The summed E-state index contributed by atoms with van der Waals surface area (Å²) < 4.78 is 6.61. The summed E-state index contributed by atoms with van der Waals surface area (Å²) in [4.78, 5) is 10.4. The van der Waals surface area contributed by atoms with E-state index in [0.717, 1.165) is 55.6 Å². The molecule has 10 rings (SSSR count). The van der Waals surface area contributed by atoms with Crippen LogP contribution in [-0.2, 0) is 0 Å². The van der Waals surface area contributed by atoms with Gasteiger partial charge in [0.1, 0.15) is 11.2 Å². The van der Waals surface area contributed by atoms with Crippen LogP contribution < -0.4 is 0 Å². The zero-order valence-corrected chi connectivity index (χ0v) is 28.8. The van der Waals surface area contributed by atoms with E-state index in [-0.39, 0.29) is 0 Å². The molecule has 0 fully saturated rings. The summed E-state index contributed by atoms with van der Waals surface area (Å²) in [6, 6.07) is 67.9. The van der Waals surface area contributed by atoms with E-state index < -0.39 is 0 Å². The Hall–Kier alpha value is -7.10. The lowest BCUT2D eigenvalue weighted by atomic mass is 9.92. The highest BCUT2D eigenvalue weighted by atomic mass is 16.3. The summed E-state index contributed by atoms with van der Waals surface area (Å²) >= 11 is 0. The molecule has 0 aliphatic heterocycles. The van der Waals surface area contributed by atoms with Gasteiger partial charge in [-0.25, -0.2) is 9.97 Å². The first-order valence-corrected chi connectivity index (χ1v) is 17.9. The Labute approximate surface area is 307 Å². The second-order valence-corrected chi connectivity index (χ2v) is 13.3. The van der Waals surface area contributed by atoms with Crippen LogP contribution in [-0.4, -0.2) is 9.97 Å². The van der Waals surface area contributed by atoms with E-state index in [4.69, 9.17) is 14.4 Å². The zero-order valence-electron chi connectivity index (χ0n) is 28.8. The molecule has 0 amide bonds. The molecule has 0 atom stereocenters. The SMILES string of the molecule is c1ccc(-c2ccc(-c3cc(-c4ccccc4)nc(-c4cccc5oc6cc(-c7ccc(-c8ccccc8)c8ccccc78)ccc6c45)n3)cc2)cc1. The van der Waals surface area contributed by atoms with Gasteiger partial charge in [-0.15, -0.1) is 0 Å². The summed E-state index contributed by atoms with van der Waals surface area (Å²) in [5.74, 6) is 0.661. The van der Waals surface area contributed by atoms with E-state index in [1.54, 1.807) is 0 Å². The van der Waals surface area contributed by atoms with E-state index in [2.05, 4.69) is 158 Å². The van der Waals surface area contributed by atoms with Gasteiger partial charge in [0.05, 0.1) is 11.4 Å². The van der Waals surface area contributed by atoms with Gasteiger partial charge in [-0.05, 0) is 68.4 Å². The zero-order chi connectivity index (χ0) is 35.1. The van der Waals surface area contributed by atoms with Gasteiger partial charge < -0.3 is 4.42 Å². The van der Waals surface area contributed by atoms with Crippen LogP contribution in [0.25, 0.3) is 100.0 Å². The summed E-state index contributed by atoms with van der Waals surface area (Å²) in [6.07, 6.45) is 0. The number of nitrogens with zero attached hydrogens (tertiary/aromatic N) is 2. The lowest BCUT2D eigenvalue weighted by molar-refractivity contribution is 0.669. The molecule has 3 nitrogen and oxygen atoms in total. The van der Waals surface area contributed by atoms with Crippen molar-refractivity contribution in [3.8, 4) is 67.3 Å². The molecule has 0 unspecified atom stereocenters. The van der Waals surface area contributed by atoms with Crippen LogP contribution in [0, 0.1) is 0 Å². The number of hydrogen-bond acceptors (Lipinski definition) is 3. The minimum Gasteiger partial charge on any atom is -0.456 e. The maximum absolute atomic E-state index is 6.61. The van der Waals surface area contributed by atoms with Crippen molar-refractivity contribution < 1.29 is 4.42 Å². The third-order valence-electron chi connectivity index (χ3n) is 10.1. The van der Waals surface area contributed by atoms with Gasteiger partial charge in [0, 0.05) is 27.5 Å². The molecule has 0 radical (unpaired) electrons. The normalized spacial score (nSPS) is 11.4. The molecule has 53 heavy (non-hydrogen) atoms. The molecule has 3 heteroatoms. The van der Waals surface area contributed by atoms with Gasteiger partial charge in [-0.2, -0.15) is 0 Å². The van der Waals surface area contributed by atoms with Crippen molar-refractivity contribution in [2.24, 2.45) is 0 Å². The Morgan fingerprint density at radius 2 is 0.811 bits per heavy atom. The predicted molar refractivity (Wildman–Crippen MR) is 219 cm³/mol. The fourth-order valence-electron chi connectivity index (χ4n) is 7.54. The Morgan fingerprint density at radius 3 is 1.47 bits per heavy atom. The van der Waals surface area contributed by atoms with Gasteiger partial charge in [0.25, 0.3) is 0 Å². The molecule has 0 aliphatic carbocycles. The first-order valence-electron chi connectivity index (χ1n) is 17.9. The van der Waals surface area contributed by atoms with Crippen molar-refractivity contribution in [1.29, 1.82) is 0 Å². The summed E-state index contributed by atoms with van der Waals surface area (Å²) in [6.45, 7) is 0. The van der Waals surface area contributed by atoms with Gasteiger partial charge >= 0.3 is 0 Å². The molecule has 2 heterocycles. The second kappa shape index (κ2) is 12.9. The number of aromatic nitrogens is 2. The quantitative estimate of drug-likeness (QED) is 0.176. The predicted octanol–water partition coefficient (Wildman–Crippen LogP) is 13.5. The van der Waals surface area contributed by atoms with Crippen LogP contribution in [0.1, 0.15) is 0 Å². The lowest BCUT2D eigenvalue weighted by Crippen LogP contribution is -1.96. The minimum atomic E-state index is 0.661. The van der Waals surface area contributed by atoms with Gasteiger partial charge in [-0.3, -0.25) is 0 Å². The van der Waals surface area contributed by atoms with Crippen molar-refractivity contribution in [2.75, 3.05) is 0 Å².